The molecule has 0 aromatic carbocycles. The van der Waals surface area contributed by atoms with E-state index in [9.17, 15) is 9.90 Å². The van der Waals surface area contributed by atoms with Crippen LogP contribution in [0.15, 0.2) is 37.0 Å². The molecule has 0 aliphatic carbocycles. The van der Waals surface area contributed by atoms with Gasteiger partial charge >= 0.3 is 6.09 Å². The highest BCUT2D eigenvalue weighted by Crippen LogP contribution is 2.20. The summed E-state index contributed by atoms with van der Waals surface area (Å²) in [6.45, 7) is 10.4. The van der Waals surface area contributed by atoms with Crippen LogP contribution >= 0.6 is 0 Å². The molecule has 4 nitrogen and oxygen atoms in total. The van der Waals surface area contributed by atoms with Crippen molar-refractivity contribution in [2.75, 3.05) is 19.7 Å². The lowest BCUT2D eigenvalue weighted by atomic mass is 10.0. The molecule has 0 aromatic heterocycles. The maximum Gasteiger partial charge on any atom is 0.410 e. The van der Waals surface area contributed by atoms with E-state index < -0.39 is 0 Å². The van der Waals surface area contributed by atoms with Crippen LogP contribution in [-0.2, 0) is 4.74 Å². The molecule has 1 saturated heterocycles. The smallest absolute Gasteiger partial charge is 0.410 e. The number of likely N-dealkylation sites (tertiary alicyclic amines) is 1. The number of carbonyl (C=O) groups is 1. The van der Waals surface area contributed by atoms with Gasteiger partial charge in [-0.15, -0.1) is 0 Å². The molecule has 0 saturated carbocycles. The van der Waals surface area contributed by atoms with Crippen molar-refractivity contribution >= 4 is 6.09 Å². The zero-order chi connectivity index (χ0) is 13.5. The molecule has 0 aromatic rings. The topological polar surface area (TPSA) is 49.8 Å². The number of amides is 1. The van der Waals surface area contributed by atoms with Crippen LogP contribution in [0.1, 0.15) is 13.3 Å². The first-order valence-electron chi connectivity index (χ1n) is 6.12. The van der Waals surface area contributed by atoms with Crippen LogP contribution in [0.3, 0.4) is 0 Å². The fraction of sp³-hybridized carbons (Fsp3) is 0.500. The summed E-state index contributed by atoms with van der Waals surface area (Å²) in [6, 6.07) is 0. The van der Waals surface area contributed by atoms with Gasteiger partial charge < -0.3 is 14.7 Å². The van der Waals surface area contributed by atoms with Gasteiger partial charge in [0.25, 0.3) is 0 Å². The third kappa shape index (κ3) is 4.04. The van der Waals surface area contributed by atoms with E-state index in [1.807, 2.05) is 0 Å². The lowest BCUT2D eigenvalue weighted by Crippen LogP contribution is -2.31. The third-order valence-electron chi connectivity index (χ3n) is 3.12. The van der Waals surface area contributed by atoms with E-state index in [0.717, 1.165) is 12.0 Å². The van der Waals surface area contributed by atoms with Gasteiger partial charge in [-0.1, -0.05) is 31.4 Å². The lowest BCUT2D eigenvalue weighted by Gasteiger charge is -2.17. The zero-order valence-electron chi connectivity index (χ0n) is 10.8. The molecule has 0 bridgehead atoms. The van der Waals surface area contributed by atoms with Crippen molar-refractivity contribution < 1.29 is 14.6 Å². The fourth-order valence-electron chi connectivity index (χ4n) is 1.91. The molecule has 18 heavy (non-hydrogen) atoms. The Bertz CT molecular complexity index is 347. The van der Waals surface area contributed by atoms with E-state index in [0.29, 0.717) is 13.1 Å². The predicted octanol–water partition coefficient (Wildman–Crippen LogP) is 2.12. The van der Waals surface area contributed by atoms with Crippen LogP contribution in [-0.4, -0.2) is 41.9 Å². The summed E-state index contributed by atoms with van der Waals surface area (Å²) in [5.41, 5.74) is 0.810. The molecule has 1 heterocycles. The first kappa shape index (κ1) is 14.5. The van der Waals surface area contributed by atoms with Crippen LogP contribution in [0.5, 0.6) is 0 Å². The normalized spacial score (nSPS) is 21.6. The predicted molar refractivity (Wildman–Crippen MR) is 71.2 cm³/mol. The van der Waals surface area contributed by atoms with Gasteiger partial charge in [0.1, 0.15) is 6.61 Å². The second-order valence-electron chi connectivity index (χ2n) is 4.47. The number of carbonyl (C=O) groups excluding carboxylic acids is 1. The van der Waals surface area contributed by atoms with Crippen LogP contribution < -0.4 is 0 Å². The molecular formula is C14H21NO3. The molecule has 1 amide bonds. The summed E-state index contributed by atoms with van der Waals surface area (Å²) in [5, 5.41) is 9.47. The Morgan fingerprint density at radius 3 is 2.83 bits per heavy atom. The lowest BCUT2D eigenvalue weighted by molar-refractivity contribution is 0.106. The first-order valence-corrected chi connectivity index (χ1v) is 6.12. The number of hydrogen-bond donors (Lipinski definition) is 1. The number of aliphatic hydroxyl groups excluding tert-OH is 1. The summed E-state index contributed by atoms with van der Waals surface area (Å²) in [4.78, 5) is 13.4. The Balaban J connectivity index is 2.40. The Hall–Kier alpha value is -1.55. The van der Waals surface area contributed by atoms with Gasteiger partial charge in [-0.05, 0) is 18.9 Å². The van der Waals surface area contributed by atoms with Crippen molar-refractivity contribution in [2.24, 2.45) is 5.92 Å². The highest BCUT2D eigenvalue weighted by molar-refractivity contribution is 5.68. The fourth-order valence-corrected chi connectivity index (χ4v) is 1.91. The standard InChI is InChI=1S/C14H21NO3/c1-4-6-12(5-2)10-18-14(17)15-8-7-13(9-15)11(3)16/h4-6,11,13,16H,1-2,7-10H2,3H3/b12-6+. The van der Waals surface area contributed by atoms with Crippen LogP contribution in [0, 0.1) is 5.92 Å². The second kappa shape index (κ2) is 7.01. The van der Waals surface area contributed by atoms with Gasteiger partial charge in [-0.25, -0.2) is 4.79 Å². The van der Waals surface area contributed by atoms with Gasteiger partial charge in [0.05, 0.1) is 6.10 Å². The second-order valence-corrected chi connectivity index (χ2v) is 4.47. The van der Waals surface area contributed by atoms with Gasteiger partial charge in [-0.2, -0.15) is 0 Å². The minimum absolute atomic E-state index is 0.153. The molecule has 100 valence electrons. The molecule has 2 atom stereocenters. The summed E-state index contributed by atoms with van der Waals surface area (Å²) < 4.78 is 5.18. The molecule has 1 aliphatic rings. The number of ether oxygens (including phenoxy) is 1. The van der Waals surface area contributed by atoms with Gasteiger partial charge in [-0.3, -0.25) is 0 Å². The molecule has 1 fully saturated rings. The number of aliphatic hydroxyl groups is 1. The summed E-state index contributed by atoms with van der Waals surface area (Å²) in [6.07, 6.45) is 5.12. The monoisotopic (exact) mass is 251 g/mol. The minimum Gasteiger partial charge on any atom is -0.445 e. The highest BCUT2D eigenvalue weighted by atomic mass is 16.6. The number of allylic oxidation sites excluding steroid dienone is 2. The van der Waals surface area contributed by atoms with Crippen LogP contribution in [0.2, 0.25) is 0 Å². The quantitative estimate of drug-likeness (QED) is 0.761. The Kier molecular flexibility index (Phi) is 5.65. The summed E-state index contributed by atoms with van der Waals surface area (Å²) >= 11 is 0. The van der Waals surface area contributed by atoms with E-state index in [2.05, 4.69) is 13.2 Å². The zero-order valence-corrected chi connectivity index (χ0v) is 10.8. The SMILES string of the molecule is C=C/C=C(\C=C)COC(=O)N1CCC(C(C)O)C1. The Morgan fingerprint density at radius 2 is 2.33 bits per heavy atom. The maximum atomic E-state index is 11.8. The number of hydrogen-bond acceptors (Lipinski definition) is 3. The Labute approximate surface area is 108 Å². The molecule has 0 spiro atoms. The third-order valence-corrected chi connectivity index (χ3v) is 3.12. The molecule has 4 heteroatoms. The van der Waals surface area contributed by atoms with Gasteiger partial charge in [0.15, 0.2) is 0 Å². The molecule has 0 radical (unpaired) electrons. The first-order chi connectivity index (χ1) is 8.58. The molecule has 1 aliphatic heterocycles. The van der Waals surface area contributed by atoms with E-state index in [4.69, 9.17) is 4.74 Å². The average molecular weight is 251 g/mol. The average Bonchev–Trinajstić information content (AvgIpc) is 2.83. The van der Waals surface area contributed by atoms with Crippen molar-refractivity contribution in [3.63, 3.8) is 0 Å². The summed E-state index contributed by atoms with van der Waals surface area (Å²) in [7, 11) is 0. The van der Waals surface area contributed by atoms with Crippen molar-refractivity contribution in [3.8, 4) is 0 Å². The van der Waals surface area contributed by atoms with Crippen molar-refractivity contribution in [1.29, 1.82) is 0 Å². The van der Waals surface area contributed by atoms with E-state index >= 15 is 0 Å². The maximum absolute atomic E-state index is 11.8. The van der Waals surface area contributed by atoms with E-state index in [-0.39, 0.29) is 24.7 Å². The largest absolute Gasteiger partial charge is 0.445 e. The number of rotatable bonds is 5. The summed E-state index contributed by atoms with van der Waals surface area (Å²) in [5.74, 6) is 0.153. The molecule has 2 unspecified atom stereocenters. The molecular weight excluding hydrogens is 230 g/mol. The molecule has 1 rings (SSSR count). The van der Waals surface area contributed by atoms with Gasteiger partial charge in [0, 0.05) is 19.0 Å². The minimum atomic E-state index is -0.382. The highest BCUT2D eigenvalue weighted by Gasteiger charge is 2.29. The van der Waals surface area contributed by atoms with Crippen molar-refractivity contribution in [2.45, 2.75) is 19.4 Å². The molecule has 1 N–H and O–H groups in total. The number of nitrogens with zero attached hydrogens (tertiary/aromatic N) is 1. The van der Waals surface area contributed by atoms with E-state index in [1.54, 1.807) is 30.1 Å². The van der Waals surface area contributed by atoms with Crippen LogP contribution in [0.25, 0.3) is 0 Å². The van der Waals surface area contributed by atoms with Gasteiger partial charge in [0.2, 0.25) is 0 Å². The van der Waals surface area contributed by atoms with Crippen LogP contribution in [0.4, 0.5) is 4.79 Å². The Morgan fingerprint density at radius 1 is 1.61 bits per heavy atom. The van der Waals surface area contributed by atoms with Crippen molar-refractivity contribution in [1.82, 2.24) is 4.90 Å². The van der Waals surface area contributed by atoms with Crippen molar-refractivity contribution in [3.05, 3.63) is 37.0 Å². The van der Waals surface area contributed by atoms with E-state index in [1.165, 1.54) is 0 Å².